The van der Waals surface area contributed by atoms with E-state index in [4.69, 9.17) is 4.74 Å². The molecule has 37 heavy (non-hydrogen) atoms. The molecule has 3 unspecified atom stereocenters. The van der Waals surface area contributed by atoms with Crippen LogP contribution in [-0.2, 0) is 10.9 Å². The molecule has 3 aromatic rings. The number of amides is 1. The van der Waals surface area contributed by atoms with Gasteiger partial charge >= 0.3 is 6.18 Å². The molecule has 0 saturated carbocycles. The maximum atomic E-state index is 13.9. The van der Waals surface area contributed by atoms with Crippen LogP contribution in [0.3, 0.4) is 0 Å². The summed E-state index contributed by atoms with van der Waals surface area (Å²) in [7, 11) is 0. The molecule has 10 nitrogen and oxygen atoms in total. The van der Waals surface area contributed by atoms with E-state index in [9.17, 15) is 28.0 Å². The third-order valence-electron chi connectivity index (χ3n) is 5.89. The van der Waals surface area contributed by atoms with Crippen molar-refractivity contribution in [3.63, 3.8) is 0 Å². The van der Waals surface area contributed by atoms with E-state index < -0.39 is 23.5 Å². The number of aryl methyl sites for hydroxylation is 1. The zero-order chi connectivity index (χ0) is 27.1. The number of carbonyl (C=O) groups is 1. The van der Waals surface area contributed by atoms with E-state index in [1.165, 1.54) is 26.1 Å². The summed E-state index contributed by atoms with van der Waals surface area (Å²) in [6.45, 7) is 7.33. The molecule has 1 fully saturated rings. The van der Waals surface area contributed by atoms with Gasteiger partial charge in [0.25, 0.3) is 11.5 Å². The van der Waals surface area contributed by atoms with Crippen molar-refractivity contribution in [2.45, 2.75) is 52.1 Å². The molecule has 3 aromatic heterocycles. The molecule has 13 heteroatoms. The van der Waals surface area contributed by atoms with Gasteiger partial charge in [0.1, 0.15) is 17.7 Å². The van der Waals surface area contributed by atoms with Crippen LogP contribution in [0, 0.1) is 18.3 Å². The lowest BCUT2D eigenvalue weighted by molar-refractivity contribution is -0.141. The van der Waals surface area contributed by atoms with Crippen LogP contribution in [0.5, 0.6) is 0 Å². The Kier molecular flexibility index (Phi) is 6.88. The number of morpholine rings is 1. The molecule has 4 rings (SSSR count). The fourth-order valence-electron chi connectivity index (χ4n) is 4.34. The van der Waals surface area contributed by atoms with Crippen LogP contribution < -0.4 is 10.9 Å². The van der Waals surface area contributed by atoms with Gasteiger partial charge in [0, 0.05) is 24.8 Å². The third-order valence-corrected chi connectivity index (χ3v) is 5.89. The third kappa shape index (κ3) is 5.39. The molecule has 3 atom stereocenters. The van der Waals surface area contributed by atoms with Crippen LogP contribution in [0.25, 0.3) is 11.0 Å². The normalized spacial score (nSPS) is 18.9. The van der Waals surface area contributed by atoms with Crippen molar-refractivity contribution < 1.29 is 22.7 Å². The molecule has 1 aliphatic heterocycles. The van der Waals surface area contributed by atoms with E-state index in [1.807, 2.05) is 19.9 Å². The van der Waals surface area contributed by atoms with Crippen LogP contribution in [0.1, 0.15) is 59.8 Å². The second-order valence-electron chi connectivity index (χ2n) is 9.01. The minimum absolute atomic E-state index is 0.0144. The molecule has 1 amide bonds. The first-order chi connectivity index (χ1) is 17.4. The van der Waals surface area contributed by atoms with Gasteiger partial charge in [-0.2, -0.15) is 18.4 Å². The van der Waals surface area contributed by atoms with Gasteiger partial charge in [-0.25, -0.2) is 15.0 Å². The number of nitriles is 1. The Labute approximate surface area is 209 Å². The Morgan fingerprint density at radius 1 is 1.27 bits per heavy atom. The summed E-state index contributed by atoms with van der Waals surface area (Å²) in [5.74, 6) is -0.208. The average molecular weight is 515 g/mol. The number of carbonyl (C=O) groups excluding carboxylic acids is 1. The summed E-state index contributed by atoms with van der Waals surface area (Å²) in [4.78, 5) is 41.1. The van der Waals surface area contributed by atoms with Gasteiger partial charge in [-0.1, -0.05) is 0 Å². The largest absolute Gasteiger partial charge is 0.433 e. The number of hydrogen-bond acceptors (Lipinski definition) is 8. The highest BCUT2D eigenvalue weighted by atomic mass is 19.4. The number of aromatic nitrogens is 4. The van der Waals surface area contributed by atoms with Crippen LogP contribution in [-0.4, -0.2) is 56.0 Å². The number of H-pyrrole nitrogens is 1. The van der Waals surface area contributed by atoms with Crippen LogP contribution >= 0.6 is 0 Å². The van der Waals surface area contributed by atoms with Gasteiger partial charge in [-0.3, -0.25) is 9.59 Å². The van der Waals surface area contributed by atoms with Gasteiger partial charge in [-0.05, 0) is 39.8 Å². The Balaban J connectivity index is 1.67. The van der Waals surface area contributed by atoms with E-state index in [-0.39, 0.29) is 57.5 Å². The number of nitrogens with zero attached hydrogens (tertiary/aromatic N) is 5. The van der Waals surface area contributed by atoms with Crippen molar-refractivity contribution in [2.75, 3.05) is 18.4 Å². The second-order valence-corrected chi connectivity index (χ2v) is 9.01. The summed E-state index contributed by atoms with van der Waals surface area (Å²) >= 11 is 0. The number of anilines is 1. The van der Waals surface area contributed by atoms with Gasteiger partial charge in [0.2, 0.25) is 0 Å². The number of rotatable bonds is 4. The SMILES string of the molecule is Cc1nc2nc(C(F)(F)F)c(C(C)Nc3ncc(C(=O)N4CC(C)OC(C)C4)cc3C#N)cc2c(=O)[nH]1. The summed E-state index contributed by atoms with van der Waals surface area (Å²) in [6.07, 6.45) is -3.86. The fraction of sp³-hybridized carbons (Fsp3) is 0.417. The number of nitrogens with one attached hydrogen (secondary N) is 2. The van der Waals surface area contributed by atoms with E-state index in [2.05, 4.69) is 25.3 Å². The molecule has 0 aliphatic carbocycles. The van der Waals surface area contributed by atoms with E-state index >= 15 is 0 Å². The highest BCUT2D eigenvalue weighted by Gasteiger charge is 2.38. The van der Waals surface area contributed by atoms with Crippen molar-refractivity contribution in [3.8, 4) is 6.07 Å². The second kappa shape index (κ2) is 9.78. The zero-order valence-electron chi connectivity index (χ0n) is 20.5. The first kappa shape index (κ1) is 26.0. The number of hydrogen-bond donors (Lipinski definition) is 2. The molecule has 1 saturated heterocycles. The van der Waals surface area contributed by atoms with Crippen molar-refractivity contribution in [1.29, 1.82) is 5.26 Å². The first-order valence-electron chi connectivity index (χ1n) is 11.5. The Morgan fingerprint density at radius 3 is 2.57 bits per heavy atom. The molecule has 0 spiro atoms. The monoisotopic (exact) mass is 515 g/mol. The first-order valence-corrected chi connectivity index (χ1v) is 11.5. The lowest BCUT2D eigenvalue weighted by Gasteiger charge is -2.35. The average Bonchev–Trinajstić information content (AvgIpc) is 2.81. The standard InChI is InChI=1S/C24H24F3N7O3/c1-11-9-34(10-12(2)37-11)23(36)16-5-15(7-28)20(29-8-16)30-13(3)17-6-18-21(31-14(4)32-22(18)35)33-19(17)24(25,26)27/h5-6,8,11-13H,9-10H2,1-4H3,(H,29,30)(H,31,32,33,35). The molecular formula is C24H24F3N7O3. The number of alkyl halides is 3. The summed E-state index contributed by atoms with van der Waals surface area (Å²) in [5.41, 5.74) is -2.33. The van der Waals surface area contributed by atoms with Crippen LogP contribution in [0.2, 0.25) is 0 Å². The Bertz CT molecular complexity index is 1450. The fourth-order valence-corrected chi connectivity index (χ4v) is 4.34. The smallest absolute Gasteiger partial charge is 0.372 e. The molecule has 194 valence electrons. The summed E-state index contributed by atoms with van der Waals surface area (Å²) in [6, 6.07) is 3.30. The Morgan fingerprint density at radius 2 is 1.95 bits per heavy atom. The van der Waals surface area contributed by atoms with Crippen molar-refractivity contribution >= 4 is 22.8 Å². The molecule has 0 bridgehead atoms. The van der Waals surface area contributed by atoms with Gasteiger partial charge in [0.15, 0.2) is 11.3 Å². The lowest BCUT2D eigenvalue weighted by atomic mass is 10.0. The van der Waals surface area contributed by atoms with Crippen LogP contribution in [0.4, 0.5) is 19.0 Å². The highest BCUT2D eigenvalue weighted by molar-refractivity contribution is 5.94. The summed E-state index contributed by atoms with van der Waals surface area (Å²) < 4.78 is 47.3. The van der Waals surface area contributed by atoms with Gasteiger partial charge in [0.05, 0.1) is 34.8 Å². The highest BCUT2D eigenvalue weighted by Crippen LogP contribution is 2.35. The number of ether oxygens (including phenoxy) is 1. The van der Waals surface area contributed by atoms with Crippen molar-refractivity contribution in [3.05, 3.63) is 56.9 Å². The molecule has 1 aliphatic rings. The van der Waals surface area contributed by atoms with E-state index in [0.29, 0.717) is 13.1 Å². The minimum Gasteiger partial charge on any atom is -0.372 e. The maximum Gasteiger partial charge on any atom is 0.433 e. The lowest BCUT2D eigenvalue weighted by Crippen LogP contribution is -2.48. The topological polar surface area (TPSA) is 137 Å². The minimum atomic E-state index is -4.83. The number of pyridine rings is 2. The van der Waals surface area contributed by atoms with Crippen LogP contribution in [0.15, 0.2) is 23.1 Å². The number of aromatic amines is 1. The molecular weight excluding hydrogens is 491 g/mol. The number of fused-ring (bicyclic) bond motifs is 1. The van der Waals surface area contributed by atoms with E-state index in [1.54, 1.807) is 4.90 Å². The van der Waals surface area contributed by atoms with Gasteiger partial charge in [-0.15, -0.1) is 0 Å². The van der Waals surface area contributed by atoms with Crippen molar-refractivity contribution in [2.24, 2.45) is 0 Å². The quantitative estimate of drug-likeness (QED) is 0.540. The maximum absolute atomic E-state index is 13.9. The van der Waals surface area contributed by atoms with Gasteiger partial charge < -0.3 is 19.9 Å². The predicted octanol–water partition coefficient (Wildman–Crippen LogP) is 3.33. The predicted molar refractivity (Wildman–Crippen MR) is 127 cm³/mol. The summed E-state index contributed by atoms with van der Waals surface area (Å²) in [5, 5.41) is 12.4. The molecule has 0 aromatic carbocycles. The number of halogens is 3. The Hall–Kier alpha value is -4.05. The molecule has 0 radical (unpaired) electrons. The van der Waals surface area contributed by atoms with E-state index in [0.717, 1.165) is 6.07 Å². The molecule has 2 N–H and O–H groups in total. The van der Waals surface area contributed by atoms with Crippen molar-refractivity contribution in [1.82, 2.24) is 24.8 Å². The zero-order valence-corrected chi connectivity index (χ0v) is 20.5. The molecule has 4 heterocycles.